The van der Waals surface area contributed by atoms with Crippen molar-refractivity contribution in [3.05, 3.63) is 9.93 Å². The van der Waals surface area contributed by atoms with Crippen molar-refractivity contribution >= 4 is 41.3 Å². The first-order valence-corrected chi connectivity index (χ1v) is 8.09. The van der Waals surface area contributed by atoms with Crippen molar-refractivity contribution < 1.29 is 24.6 Å². The van der Waals surface area contributed by atoms with E-state index in [1.54, 1.807) is 6.92 Å². The van der Waals surface area contributed by atoms with E-state index in [1.807, 2.05) is 0 Å². The number of nitrogens with one attached hydrogen (secondary N) is 1. The van der Waals surface area contributed by atoms with Gasteiger partial charge in [0.05, 0.1) is 21.5 Å². The zero-order valence-corrected chi connectivity index (χ0v) is 13.3. The fraction of sp³-hybridized carbons (Fsp3) is 0.583. The number of carboxylic acid groups (broad SMARTS) is 1. The van der Waals surface area contributed by atoms with E-state index in [0.29, 0.717) is 4.24 Å². The second-order valence-electron chi connectivity index (χ2n) is 4.80. The van der Waals surface area contributed by atoms with Crippen molar-refractivity contribution in [3.63, 3.8) is 0 Å². The predicted molar refractivity (Wildman–Crippen MR) is 79.2 cm³/mol. The van der Waals surface area contributed by atoms with Crippen LogP contribution in [0.15, 0.2) is 9.93 Å². The van der Waals surface area contributed by atoms with E-state index in [4.69, 9.17) is 0 Å². The smallest absolute Gasteiger partial charge is 0.354 e. The summed E-state index contributed by atoms with van der Waals surface area (Å²) in [5.41, 5.74) is -0.0901. The van der Waals surface area contributed by atoms with Gasteiger partial charge in [-0.15, -0.1) is 11.8 Å². The molecule has 1 saturated heterocycles. The highest BCUT2D eigenvalue weighted by Gasteiger charge is 2.57. The number of nitrogens with zero attached hydrogens (tertiary/aromatic N) is 1. The summed E-state index contributed by atoms with van der Waals surface area (Å²) in [5, 5.41) is 20.6. The summed E-state index contributed by atoms with van der Waals surface area (Å²) in [7, 11) is 1.51. The number of carbonyl (C=O) groups is 3. The van der Waals surface area contributed by atoms with E-state index in [9.17, 15) is 24.6 Å². The van der Waals surface area contributed by atoms with Gasteiger partial charge in [0, 0.05) is 7.05 Å². The normalized spacial score (nSPS) is 27.0. The maximum absolute atomic E-state index is 12.0. The van der Waals surface area contributed by atoms with Crippen LogP contribution in [0.25, 0.3) is 0 Å². The zero-order valence-electron chi connectivity index (χ0n) is 11.7. The standard InChI is InChI=1S/C12H16N2O5S2/c1-4(15)6-9(17)14-7(11(18)19)12(21-10(6)14)20-5(2)8(16)13-3/h4-6,10,15H,1-3H3,(H,13,16)(H,18,19)/t4?,5?,6-,10+/m0/s1. The number of aliphatic hydroxyl groups is 1. The van der Waals surface area contributed by atoms with Crippen molar-refractivity contribution in [3.8, 4) is 0 Å². The molecule has 0 saturated carbocycles. The second-order valence-corrected chi connectivity index (χ2v) is 7.53. The van der Waals surface area contributed by atoms with Crippen LogP contribution in [0.4, 0.5) is 0 Å². The molecule has 0 radical (unpaired) electrons. The average molecular weight is 332 g/mol. The third kappa shape index (κ3) is 2.65. The molecule has 3 N–H and O–H groups in total. The van der Waals surface area contributed by atoms with Crippen LogP contribution in [0.5, 0.6) is 0 Å². The van der Waals surface area contributed by atoms with Crippen LogP contribution in [0, 0.1) is 5.92 Å². The van der Waals surface area contributed by atoms with Gasteiger partial charge in [-0.3, -0.25) is 14.5 Å². The highest BCUT2D eigenvalue weighted by atomic mass is 32.2. The Morgan fingerprint density at radius 3 is 2.52 bits per heavy atom. The van der Waals surface area contributed by atoms with Gasteiger partial charge in [0.2, 0.25) is 11.8 Å². The predicted octanol–water partition coefficient (Wildman–Crippen LogP) is 0.0199. The highest BCUT2D eigenvalue weighted by molar-refractivity contribution is 8.23. The summed E-state index contributed by atoms with van der Waals surface area (Å²) in [6, 6.07) is 0. The largest absolute Gasteiger partial charge is 0.477 e. The summed E-state index contributed by atoms with van der Waals surface area (Å²) in [6.45, 7) is 3.18. The molecule has 2 aliphatic heterocycles. The number of β-lactam (4-membered cyclic amide) rings is 1. The zero-order chi connectivity index (χ0) is 15.9. The number of aliphatic hydroxyl groups excluding tert-OH is 1. The van der Waals surface area contributed by atoms with Crippen LogP contribution in [-0.2, 0) is 14.4 Å². The number of carboxylic acids is 1. The second kappa shape index (κ2) is 5.90. The molecule has 21 heavy (non-hydrogen) atoms. The maximum Gasteiger partial charge on any atom is 0.354 e. The van der Waals surface area contributed by atoms with Gasteiger partial charge in [-0.2, -0.15) is 0 Å². The molecule has 2 unspecified atom stereocenters. The number of hydrogen-bond acceptors (Lipinski definition) is 6. The summed E-state index contributed by atoms with van der Waals surface area (Å²) in [4.78, 5) is 36.1. The van der Waals surface area contributed by atoms with E-state index < -0.39 is 28.6 Å². The van der Waals surface area contributed by atoms with Crippen molar-refractivity contribution in [2.24, 2.45) is 5.92 Å². The minimum absolute atomic E-state index is 0.0901. The molecule has 0 aromatic heterocycles. The first kappa shape index (κ1) is 16.2. The van der Waals surface area contributed by atoms with Crippen molar-refractivity contribution in [2.75, 3.05) is 7.05 Å². The van der Waals surface area contributed by atoms with Gasteiger partial charge in [0.1, 0.15) is 5.37 Å². The number of hydrogen-bond donors (Lipinski definition) is 3. The minimum atomic E-state index is -1.20. The Balaban J connectivity index is 2.23. The topological polar surface area (TPSA) is 107 Å². The van der Waals surface area contributed by atoms with Crippen LogP contribution < -0.4 is 5.32 Å². The molecule has 4 atom stereocenters. The Morgan fingerprint density at radius 1 is 1.43 bits per heavy atom. The lowest BCUT2D eigenvalue weighted by Crippen LogP contribution is -2.60. The van der Waals surface area contributed by atoms with E-state index in [1.165, 1.54) is 30.6 Å². The third-order valence-electron chi connectivity index (χ3n) is 3.37. The Kier molecular flexibility index (Phi) is 4.54. The molecule has 0 aromatic carbocycles. The molecular weight excluding hydrogens is 316 g/mol. The molecule has 7 nitrogen and oxygen atoms in total. The van der Waals surface area contributed by atoms with Gasteiger partial charge in [-0.25, -0.2) is 4.79 Å². The molecule has 116 valence electrons. The van der Waals surface area contributed by atoms with Crippen LogP contribution in [0.3, 0.4) is 0 Å². The molecule has 0 bridgehead atoms. The highest BCUT2D eigenvalue weighted by Crippen LogP contribution is 2.54. The van der Waals surface area contributed by atoms with E-state index >= 15 is 0 Å². The molecule has 2 heterocycles. The first-order chi connectivity index (χ1) is 9.79. The van der Waals surface area contributed by atoms with Crippen LogP contribution in [-0.4, -0.2) is 56.7 Å². The molecule has 2 amide bonds. The average Bonchev–Trinajstić information content (AvgIpc) is 2.71. The van der Waals surface area contributed by atoms with Gasteiger partial charge in [0.25, 0.3) is 0 Å². The maximum atomic E-state index is 12.0. The lowest BCUT2D eigenvalue weighted by Gasteiger charge is -2.43. The van der Waals surface area contributed by atoms with E-state index in [0.717, 1.165) is 11.8 Å². The number of fused-ring (bicyclic) bond motifs is 1. The van der Waals surface area contributed by atoms with Crippen LogP contribution in [0.2, 0.25) is 0 Å². The molecule has 1 fully saturated rings. The van der Waals surface area contributed by atoms with Crippen molar-refractivity contribution in [1.29, 1.82) is 0 Å². The van der Waals surface area contributed by atoms with Gasteiger partial charge in [-0.1, -0.05) is 11.8 Å². The minimum Gasteiger partial charge on any atom is -0.477 e. The Labute approximate surface area is 130 Å². The first-order valence-electron chi connectivity index (χ1n) is 6.33. The number of thioether (sulfide) groups is 2. The van der Waals surface area contributed by atoms with Crippen molar-refractivity contribution in [1.82, 2.24) is 10.2 Å². The lowest BCUT2D eigenvalue weighted by molar-refractivity contribution is -0.156. The SMILES string of the molecule is CNC(=O)C(C)SC1=C(C(=O)O)N2C(=O)[C@H](C(C)O)[C@H]2S1. The summed E-state index contributed by atoms with van der Waals surface area (Å²) in [6.07, 6.45) is -0.831. The summed E-state index contributed by atoms with van der Waals surface area (Å²) in [5.74, 6) is -2.40. The van der Waals surface area contributed by atoms with E-state index in [2.05, 4.69) is 5.32 Å². The fourth-order valence-corrected chi connectivity index (χ4v) is 5.37. The van der Waals surface area contributed by atoms with Gasteiger partial charge in [-0.05, 0) is 13.8 Å². The van der Waals surface area contributed by atoms with Crippen LogP contribution in [0.1, 0.15) is 13.8 Å². The molecule has 0 aliphatic carbocycles. The monoisotopic (exact) mass is 332 g/mol. The van der Waals surface area contributed by atoms with Crippen LogP contribution >= 0.6 is 23.5 Å². The van der Waals surface area contributed by atoms with Gasteiger partial charge in [0.15, 0.2) is 5.70 Å². The molecule has 0 spiro atoms. The Bertz CT molecular complexity index is 534. The van der Waals surface area contributed by atoms with Crippen molar-refractivity contribution in [2.45, 2.75) is 30.6 Å². The number of rotatable bonds is 5. The third-order valence-corrected chi connectivity index (χ3v) is 6.07. The van der Waals surface area contributed by atoms with Gasteiger partial charge < -0.3 is 15.5 Å². The molecule has 9 heteroatoms. The van der Waals surface area contributed by atoms with E-state index in [-0.39, 0.29) is 17.5 Å². The molecule has 0 aromatic rings. The molecule has 2 aliphatic rings. The number of carbonyl (C=O) groups excluding carboxylic acids is 2. The Hall–Kier alpha value is -1.19. The molecule has 2 rings (SSSR count). The Morgan fingerprint density at radius 2 is 2.05 bits per heavy atom. The number of amides is 2. The quantitative estimate of drug-likeness (QED) is 0.609. The lowest BCUT2D eigenvalue weighted by atomic mass is 9.92. The summed E-state index contributed by atoms with van der Waals surface area (Å²) >= 11 is 2.33. The summed E-state index contributed by atoms with van der Waals surface area (Å²) < 4.78 is 0.431. The number of aliphatic carboxylic acids is 1. The van der Waals surface area contributed by atoms with Gasteiger partial charge >= 0.3 is 5.97 Å². The fourth-order valence-electron chi connectivity index (χ4n) is 2.25. The molecular formula is C12H16N2O5S2.